The van der Waals surface area contributed by atoms with E-state index in [4.69, 9.17) is 4.74 Å². The molecule has 3 aliphatic rings. The topological polar surface area (TPSA) is 73.9 Å². The summed E-state index contributed by atoms with van der Waals surface area (Å²) in [5.74, 6) is 0.00884. The van der Waals surface area contributed by atoms with Crippen LogP contribution in [0.3, 0.4) is 0 Å². The molecule has 3 aliphatic heterocycles. The highest BCUT2D eigenvalue weighted by molar-refractivity contribution is 5.85. The maximum atomic E-state index is 12.8. The Hall–Kier alpha value is -1.05. The molecule has 0 aliphatic carbocycles. The third-order valence-electron chi connectivity index (χ3n) is 6.19. The molecule has 0 saturated carbocycles. The first-order valence-corrected chi connectivity index (χ1v) is 10.1. The van der Waals surface area contributed by atoms with E-state index in [9.17, 15) is 9.59 Å². The van der Waals surface area contributed by atoms with E-state index in [1.807, 2.05) is 9.80 Å². The highest BCUT2D eigenvalue weighted by Crippen LogP contribution is 2.28. The molecule has 0 aromatic carbocycles. The molecular weight excluding hydrogens is 368 g/mol. The van der Waals surface area contributed by atoms with Crippen LogP contribution in [0.1, 0.15) is 38.5 Å². The molecule has 3 amide bonds. The molecule has 3 rings (SSSR count). The number of likely N-dealkylation sites (tertiary alicyclic amines) is 2. The van der Waals surface area contributed by atoms with Crippen LogP contribution >= 0.6 is 12.4 Å². The van der Waals surface area contributed by atoms with Crippen LogP contribution in [0.5, 0.6) is 0 Å². The lowest BCUT2D eigenvalue weighted by Gasteiger charge is -2.38. The highest BCUT2D eigenvalue weighted by atomic mass is 35.5. The Kier molecular flexibility index (Phi) is 8.63. The number of hydrogen-bond donors (Lipinski definition) is 2. The van der Waals surface area contributed by atoms with Gasteiger partial charge in [-0.1, -0.05) is 0 Å². The van der Waals surface area contributed by atoms with Gasteiger partial charge in [0.1, 0.15) is 0 Å². The van der Waals surface area contributed by atoms with Crippen LogP contribution < -0.4 is 10.6 Å². The number of nitrogens with zero attached hydrogens (tertiary/aromatic N) is 2. The quantitative estimate of drug-likeness (QED) is 0.730. The van der Waals surface area contributed by atoms with Crippen molar-refractivity contribution in [1.29, 1.82) is 0 Å². The number of ether oxygens (including phenoxy) is 1. The Balaban J connectivity index is 0.00000261. The van der Waals surface area contributed by atoms with Crippen molar-refractivity contribution in [2.75, 3.05) is 59.5 Å². The molecule has 7 nitrogen and oxygen atoms in total. The van der Waals surface area contributed by atoms with Crippen LogP contribution in [0, 0.1) is 11.3 Å². The molecule has 2 N–H and O–H groups in total. The zero-order chi connectivity index (χ0) is 18.4. The summed E-state index contributed by atoms with van der Waals surface area (Å²) in [4.78, 5) is 29.2. The van der Waals surface area contributed by atoms with Gasteiger partial charge in [-0.3, -0.25) is 4.79 Å². The van der Waals surface area contributed by atoms with E-state index >= 15 is 0 Å². The minimum Gasteiger partial charge on any atom is -0.384 e. The smallest absolute Gasteiger partial charge is 0.320 e. The molecular formula is C19H35ClN4O3. The predicted octanol–water partition coefficient (Wildman–Crippen LogP) is 1.47. The summed E-state index contributed by atoms with van der Waals surface area (Å²) in [6.45, 7) is 6.34. The van der Waals surface area contributed by atoms with Gasteiger partial charge in [-0.2, -0.15) is 0 Å². The lowest BCUT2D eigenvalue weighted by molar-refractivity contribution is -0.127. The molecule has 0 aromatic heterocycles. The Morgan fingerprint density at radius 1 is 1.11 bits per heavy atom. The average molecular weight is 403 g/mol. The summed E-state index contributed by atoms with van der Waals surface area (Å²) >= 11 is 0. The Labute approximate surface area is 168 Å². The second kappa shape index (κ2) is 10.5. The van der Waals surface area contributed by atoms with Crippen molar-refractivity contribution < 1.29 is 14.3 Å². The van der Waals surface area contributed by atoms with E-state index < -0.39 is 0 Å². The minimum atomic E-state index is -0.0865. The molecule has 1 unspecified atom stereocenters. The summed E-state index contributed by atoms with van der Waals surface area (Å²) < 4.78 is 5.43. The van der Waals surface area contributed by atoms with Crippen molar-refractivity contribution in [3.05, 3.63) is 0 Å². The fraction of sp³-hybridized carbons (Fsp3) is 0.895. The van der Waals surface area contributed by atoms with Crippen molar-refractivity contribution in [3.8, 4) is 0 Å². The number of carbonyl (C=O) groups is 2. The van der Waals surface area contributed by atoms with E-state index in [-0.39, 0.29) is 35.7 Å². The second-order valence-corrected chi connectivity index (χ2v) is 8.16. The van der Waals surface area contributed by atoms with Crippen molar-refractivity contribution in [2.45, 2.75) is 38.5 Å². The normalized spacial score (nSPS) is 25.0. The van der Waals surface area contributed by atoms with Gasteiger partial charge in [0, 0.05) is 45.2 Å². The van der Waals surface area contributed by atoms with Gasteiger partial charge < -0.3 is 25.2 Å². The molecule has 8 heteroatoms. The number of rotatable bonds is 5. The maximum Gasteiger partial charge on any atom is 0.320 e. The van der Waals surface area contributed by atoms with Gasteiger partial charge in [-0.15, -0.1) is 12.4 Å². The molecule has 1 atom stereocenters. The van der Waals surface area contributed by atoms with Gasteiger partial charge in [0.15, 0.2) is 0 Å². The molecule has 156 valence electrons. The van der Waals surface area contributed by atoms with Crippen LogP contribution in [0.4, 0.5) is 4.79 Å². The van der Waals surface area contributed by atoms with Gasteiger partial charge >= 0.3 is 6.03 Å². The molecule has 27 heavy (non-hydrogen) atoms. The first-order valence-electron chi connectivity index (χ1n) is 10.1. The Morgan fingerprint density at radius 3 is 2.44 bits per heavy atom. The molecule has 3 heterocycles. The summed E-state index contributed by atoms with van der Waals surface area (Å²) in [5.41, 5.74) is 0.0371. The fourth-order valence-corrected chi connectivity index (χ4v) is 4.53. The lowest BCUT2D eigenvalue weighted by Crippen LogP contribution is -2.52. The van der Waals surface area contributed by atoms with Gasteiger partial charge in [0.25, 0.3) is 0 Å². The van der Waals surface area contributed by atoms with E-state index in [2.05, 4.69) is 10.6 Å². The summed E-state index contributed by atoms with van der Waals surface area (Å²) in [6, 6.07) is 0.120. The van der Waals surface area contributed by atoms with E-state index in [1.165, 1.54) is 0 Å². The van der Waals surface area contributed by atoms with E-state index in [0.717, 1.165) is 71.2 Å². The predicted molar refractivity (Wildman–Crippen MR) is 107 cm³/mol. The highest BCUT2D eigenvalue weighted by Gasteiger charge is 2.35. The first kappa shape index (κ1) is 22.2. The molecule has 0 aromatic rings. The van der Waals surface area contributed by atoms with Crippen molar-refractivity contribution in [1.82, 2.24) is 20.4 Å². The fourth-order valence-electron chi connectivity index (χ4n) is 4.53. The van der Waals surface area contributed by atoms with Gasteiger partial charge in [0.05, 0.1) is 12.5 Å². The summed E-state index contributed by atoms with van der Waals surface area (Å²) in [5, 5.41) is 6.56. The summed E-state index contributed by atoms with van der Waals surface area (Å²) in [7, 11) is 1.73. The lowest BCUT2D eigenvalue weighted by atomic mass is 9.79. The Bertz CT molecular complexity index is 488. The maximum absolute atomic E-state index is 12.8. The number of urea groups is 1. The standard InChI is InChI=1S/C19H34N4O3.ClH/c1-26-15-19(6-8-20-9-7-19)14-21-17(24)16-5-4-12-23(13-16)18(25)22-10-2-3-11-22;/h16,20H,2-15H2,1H3,(H,21,24);1H. The third kappa shape index (κ3) is 5.72. The van der Waals surface area contributed by atoms with Crippen molar-refractivity contribution in [3.63, 3.8) is 0 Å². The monoisotopic (exact) mass is 402 g/mol. The summed E-state index contributed by atoms with van der Waals surface area (Å²) in [6.07, 6.45) is 6.01. The minimum absolute atomic E-state index is 0. The zero-order valence-electron chi connectivity index (χ0n) is 16.5. The largest absolute Gasteiger partial charge is 0.384 e. The number of nitrogens with one attached hydrogen (secondary N) is 2. The molecule has 0 radical (unpaired) electrons. The molecule has 3 fully saturated rings. The van der Waals surface area contributed by atoms with Crippen molar-refractivity contribution in [2.24, 2.45) is 11.3 Å². The number of piperidine rings is 2. The number of hydrogen-bond acceptors (Lipinski definition) is 4. The zero-order valence-corrected chi connectivity index (χ0v) is 17.3. The van der Waals surface area contributed by atoms with Crippen LogP contribution in [0.2, 0.25) is 0 Å². The van der Waals surface area contributed by atoms with Gasteiger partial charge in [-0.25, -0.2) is 4.79 Å². The van der Waals surface area contributed by atoms with E-state index in [1.54, 1.807) is 7.11 Å². The van der Waals surface area contributed by atoms with Crippen LogP contribution in [-0.4, -0.2) is 81.3 Å². The molecule has 0 bridgehead atoms. The number of carbonyl (C=O) groups excluding carboxylic acids is 2. The average Bonchev–Trinajstić information content (AvgIpc) is 3.21. The van der Waals surface area contributed by atoms with E-state index in [0.29, 0.717) is 19.7 Å². The Morgan fingerprint density at radius 2 is 1.78 bits per heavy atom. The van der Waals surface area contributed by atoms with Crippen LogP contribution in [-0.2, 0) is 9.53 Å². The number of halogens is 1. The number of amides is 3. The number of methoxy groups -OCH3 is 1. The molecule has 3 saturated heterocycles. The van der Waals surface area contributed by atoms with Crippen LogP contribution in [0.15, 0.2) is 0 Å². The van der Waals surface area contributed by atoms with Crippen molar-refractivity contribution >= 4 is 24.3 Å². The van der Waals surface area contributed by atoms with Gasteiger partial charge in [0.2, 0.25) is 5.91 Å². The first-order chi connectivity index (χ1) is 12.6. The molecule has 0 spiro atoms. The van der Waals surface area contributed by atoms with Crippen LogP contribution in [0.25, 0.3) is 0 Å². The van der Waals surface area contributed by atoms with Gasteiger partial charge in [-0.05, 0) is 51.6 Å². The second-order valence-electron chi connectivity index (χ2n) is 8.16. The third-order valence-corrected chi connectivity index (χ3v) is 6.19. The SMILES string of the molecule is COCC1(CNC(=O)C2CCCN(C(=O)N3CCCC3)C2)CCNCC1.Cl.